The third-order valence-corrected chi connectivity index (χ3v) is 4.08. The Kier molecular flexibility index (Phi) is 4.79. The predicted octanol–water partition coefficient (Wildman–Crippen LogP) is 3.08. The van der Waals surface area contributed by atoms with Crippen molar-refractivity contribution in [2.24, 2.45) is 0 Å². The van der Waals surface area contributed by atoms with E-state index in [1.165, 1.54) is 0 Å². The molecule has 1 N–H and O–H groups in total. The van der Waals surface area contributed by atoms with E-state index in [-0.39, 0.29) is 11.9 Å². The first-order chi connectivity index (χ1) is 12.1. The molecule has 0 fully saturated rings. The van der Waals surface area contributed by atoms with E-state index >= 15 is 0 Å². The molecule has 128 valence electrons. The van der Waals surface area contributed by atoms with Gasteiger partial charge in [0.15, 0.2) is 5.82 Å². The maximum atomic E-state index is 12.6. The van der Waals surface area contributed by atoms with Crippen LogP contribution in [0.1, 0.15) is 34.6 Å². The summed E-state index contributed by atoms with van der Waals surface area (Å²) in [6.07, 6.45) is 3.27. The molecule has 3 aromatic rings. The summed E-state index contributed by atoms with van der Waals surface area (Å²) in [4.78, 5) is 16.9. The molecule has 1 atom stereocenters. The van der Waals surface area contributed by atoms with Gasteiger partial charge in [0, 0.05) is 6.20 Å². The standard InChI is InChI=1S/C19H20N4O2/c1-13(15-7-9-16(25-3)10-8-15)22-19(24)17-12-21-23(14(17)2)18-6-4-5-11-20-18/h4-13H,1-3H3,(H,22,24). The van der Waals surface area contributed by atoms with Crippen LogP contribution in [0.3, 0.4) is 0 Å². The fourth-order valence-corrected chi connectivity index (χ4v) is 2.59. The number of hydrogen-bond donors (Lipinski definition) is 1. The normalized spacial score (nSPS) is 11.8. The molecule has 0 spiro atoms. The minimum Gasteiger partial charge on any atom is -0.497 e. The van der Waals surface area contributed by atoms with Gasteiger partial charge in [-0.1, -0.05) is 18.2 Å². The lowest BCUT2D eigenvalue weighted by molar-refractivity contribution is 0.0939. The van der Waals surface area contributed by atoms with Crippen molar-refractivity contribution in [1.82, 2.24) is 20.1 Å². The van der Waals surface area contributed by atoms with Crippen LogP contribution in [-0.4, -0.2) is 27.8 Å². The van der Waals surface area contributed by atoms with Crippen molar-refractivity contribution in [2.75, 3.05) is 7.11 Å². The van der Waals surface area contributed by atoms with E-state index in [9.17, 15) is 4.79 Å². The van der Waals surface area contributed by atoms with Crippen molar-refractivity contribution in [2.45, 2.75) is 19.9 Å². The van der Waals surface area contributed by atoms with E-state index in [4.69, 9.17) is 4.74 Å². The molecule has 0 aliphatic carbocycles. The van der Waals surface area contributed by atoms with Crippen LogP contribution in [-0.2, 0) is 0 Å². The van der Waals surface area contributed by atoms with Gasteiger partial charge in [-0.3, -0.25) is 4.79 Å². The van der Waals surface area contributed by atoms with E-state index in [1.54, 1.807) is 24.2 Å². The number of nitrogens with zero attached hydrogens (tertiary/aromatic N) is 3. The van der Waals surface area contributed by atoms with Gasteiger partial charge in [0.1, 0.15) is 5.75 Å². The van der Waals surface area contributed by atoms with Crippen molar-refractivity contribution in [3.8, 4) is 11.6 Å². The smallest absolute Gasteiger partial charge is 0.255 e. The van der Waals surface area contributed by atoms with Crippen molar-refractivity contribution >= 4 is 5.91 Å². The highest BCUT2D eigenvalue weighted by molar-refractivity contribution is 5.95. The van der Waals surface area contributed by atoms with Gasteiger partial charge in [0.2, 0.25) is 0 Å². The van der Waals surface area contributed by atoms with E-state index < -0.39 is 0 Å². The summed E-state index contributed by atoms with van der Waals surface area (Å²) in [5, 5.41) is 7.29. The van der Waals surface area contributed by atoms with Crippen LogP contribution in [0.4, 0.5) is 0 Å². The number of ether oxygens (including phenoxy) is 1. The molecule has 2 heterocycles. The van der Waals surface area contributed by atoms with Crippen LogP contribution in [0.5, 0.6) is 5.75 Å². The molecule has 0 saturated heterocycles. The first-order valence-electron chi connectivity index (χ1n) is 8.01. The van der Waals surface area contributed by atoms with Crippen molar-refractivity contribution in [3.05, 3.63) is 71.7 Å². The first kappa shape index (κ1) is 16.7. The second-order valence-electron chi connectivity index (χ2n) is 5.71. The average Bonchev–Trinajstić information content (AvgIpc) is 3.04. The number of benzene rings is 1. The zero-order valence-corrected chi connectivity index (χ0v) is 14.4. The van der Waals surface area contributed by atoms with Crippen LogP contribution >= 0.6 is 0 Å². The van der Waals surface area contributed by atoms with Crippen LogP contribution in [0.15, 0.2) is 54.9 Å². The molecule has 25 heavy (non-hydrogen) atoms. The molecular weight excluding hydrogens is 316 g/mol. The number of pyridine rings is 1. The van der Waals surface area contributed by atoms with E-state index in [0.29, 0.717) is 11.4 Å². The quantitative estimate of drug-likeness (QED) is 0.777. The van der Waals surface area contributed by atoms with Gasteiger partial charge in [0.05, 0.1) is 30.6 Å². The maximum Gasteiger partial charge on any atom is 0.255 e. The molecule has 1 aromatic carbocycles. The van der Waals surface area contributed by atoms with Crippen molar-refractivity contribution in [1.29, 1.82) is 0 Å². The zero-order valence-electron chi connectivity index (χ0n) is 14.4. The average molecular weight is 336 g/mol. The number of carbonyl (C=O) groups excluding carboxylic acids is 1. The van der Waals surface area contributed by atoms with Crippen LogP contribution in [0.25, 0.3) is 5.82 Å². The largest absolute Gasteiger partial charge is 0.497 e. The lowest BCUT2D eigenvalue weighted by Gasteiger charge is -2.14. The van der Waals surface area contributed by atoms with E-state index in [2.05, 4.69) is 15.4 Å². The molecule has 1 amide bonds. The Balaban J connectivity index is 1.76. The van der Waals surface area contributed by atoms with Gasteiger partial charge in [-0.2, -0.15) is 5.10 Å². The Bertz CT molecular complexity index is 857. The highest BCUT2D eigenvalue weighted by Crippen LogP contribution is 2.19. The molecule has 1 unspecified atom stereocenters. The molecular formula is C19H20N4O2. The number of aromatic nitrogens is 3. The van der Waals surface area contributed by atoms with Gasteiger partial charge >= 0.3 is 0 Å². The van der Waals surface area contributed by atoms with Crippen LogP contribution < -0.4 is 10.1 Å². The molecule has 6 nitrogen and oxygen atoms in total. The lowest BCUT2D eigenvalue weighted by Crippen LogP contribution is -2.27. The third-order valence-electron chi connectivity index (χ3n) is 4.08. The number of carbonyl (C=O) groups is 1. The van der Waals surface area contributed by atoms with Crippen molar-refractivity contribution in [3.63, 3.8) is 0 Å². The second kappa shape index (κ2) is 7.17. The topological polar surface area (TPSA) is 69.0 Å². The van der Waals surface area contributed by atoms with E-state index in [0.717, 1.165) is 17.0 Å². The van der Waals surface area contributed by atoms with Gasteiger partial charge in [-0.05, 0) is 43.7 Å². The minimum absolute atomic E-state index is 0.129. The SMILES string of the molecule is COc1ccc(C(C)NC(=O)c2cnn(-c3ccccn3)c2C)cc1. The number of methoxy groups -OCH3 is 1. The maximum absolute atomic E-state index is 12.6. The summed E-state index contributed by atoms with van der Waals surface area (Å²) in [5.74, 6) is 1.31. The first-order valence-corrected chi connectivity index (χ1v) is 8.01. The third kappa shape index (κ3) is 3.52. The fraction of sp³-hybridized carbons (Fsp3) is 0.211. The minimum atomic E-state index is -0.164. The van der Waals surface area contributed by atoms with Gasteiger partial charge in [-0.15, -0.1) is 0 Å². The molecule has 2 aromatic heterocycles. The molecule has 6 heteroatoms. The summed E-state index contributed by atoms with van der Waals surface area (Å²) in [7, 11) is 1.63. The molecule has 0 saturated carbocycles. The Morgan fingerprint density at radius 2 is 1.96 bits per heavy atom. The number of hydrogen-bond acceptors (Lipinski definition) is 4. The zero-order chi connectivity index (χ0) is 17.8. The fourth-order valence-electron chi connectivity index (χ4n) is 2.59. The summed E-state index contributed by atoms with van der Waals surface area (Å²) in [6, 6.07) is 13.1. The summed E-state index contributed by atoms with van der Waals surface area (Å²) in [5.41, 5.74) is 2.29. The highest BCUT2D eigenvalue weighted by Gasteiger charge is 2.18. The van der Waals surface area contributed by atoms with Crippen LogP contribution in [0, 0.1) is 6.92 Å². The molecule has 0 bridgehead atoms. The molecule has 0 aliphatic heterocycles. The monoisotopic (exact) mass is 336 g/mol. The second-order valence-corrected chi connectivity index (χ2v) is 5.71. The van der Waals surface area contributed by atoms with Gasteiger partial charge < -0.3 is 10.1 Å². The molecule has 0 radical (unpaired) electrons. The number of rotatable bonds is 5. The predicted molar refractivity (Wildman–Crippen MR) is 95.0 cm³/mol. The Morgan fingerprint density at radius 1 is 1.20 bits per heavy atom. The van der Waals surface area contributed by atoms with E-state index in [1.807, 2.05) is 56.3 Å². The van der Waals surface area contributed by atoms with Gasteiger partial charge in [0.25, 0.3) is 5.91 Å². The number of nitrogens with one attached hydrogen (secondary N) is 1. The Labute approximate surface area is 146 Å². The Morgan fingerprint density at radius 3 is 2.60 bits per heavy atom. The van der Waals surface area contributed by atoms with Gasteiger partial charge in [-0.25, -0.2) is 9.67 Å². The highest BCUT2D eigenvalue weighted by atomic mass is 16.5. The Hall–Kier alpha value is -3.15. The molecule has 3 rings (SSSR count). The molecule has 0 aliphatic rings. The van der Waals surface area contributed by atoms with Crippen molar-refractivity contribution < 1.29 is 9.53 Å². The van der Waals surface area contributed by atoms with Crippen LogP contribution in [0.2, 0.25) is 0 Å². The summed E-state index contributed by atoms with van der Waals surface area (Å²) < 4.78 is 6.82. The lowest BCUT2D eigenvalue weighted by atomic mass is 10.1. The number of amides is 1. The summed E-state index contributed by atoms with van der Waals surface area (Å²) in [6.45, 7) is 3.80. The summed E-state index contributed by atoms with van der Waals surface area (Å²) >= 11 is 0.